The molecular weight excluding hydrogens is 524 g/mol. The summed E-state index contributed by atoms with van der Waals surface area (Å²) in [6, 6.07) is 8.28. The first-order chi connectivity index (χ1) is 20.0. The van der Waals surface area contributed by atoms with Gasteiger partial charge in [0.05, 0.1) is 25.4 Å². The average Bonchev–Trinajstić information content (AvgIpc) is 3.30. The summed E-state index contributed by atoms with van der Waals surface area (Å²) in [5.74, 6) is 5.49. The van der Waals surface area contributed by atoms with Crippen LogP contribution in [0.15, 0.2) is 29.1 Å². The maximum atomic E-state index is 13.0. The lowest BCUT2D eigenvalue weighted by atomic mass is 9.95. The minimum absolute atomic E-state index is 0.0115. The number of hydrogen-bond acceptors (Lipinski definition) is 10. The Morgan fingerprint density at radius 2 is 1.85 bits per heavy atom. The normalized spacial score (nSPS) is 19.4. The molecule has 12 heteroatoms. The number of aromatic amines is 1. The van der Waals surface area contributed by atoms with E-state index in [0.717, 1.165) is 75.7 Å². The van der Waals surface area contributed by atoms with Crippen LogP contribution < -0.4 is 22.1 Å². The second kappa shape index (κ2) is 13.6. The van der Waals surface area contributed by atoms with Crippen LogP contribution in [0, 0.1) is 0 Å². The zero-order valence-corrected chi connectivity index (χ0v) is 23.9. The highest BCUT2D eigenvalue weighted by Gasteiger charge is 2.37. The molecule has 0 saturated carbocycles. The molecule has 4 heterocycles. The summed E-state index contributed by atoms with van der Waals surface area (Å²) in [6.07, 6.45) is 8.24. The average molecular weight is 567 g/mol. The van der Waals surface area contributed by atoms with Gasteiger partial charge in [-0.2, -0.15) is 9.97 Å². The lowest BCUT2D eigenvalue weighted by molar-refractivity contribution is -0.134. The number of likely N-dealkylation sites (tertiary alicyclic amines) is 2. The molecule has 2 saturated heterocycles. The molecule has 0 spiro atoms. The summed E-state index contributed by atoms with van der Waals surface area (Å²) in [5.41, 5.74) is 8.72. The second-order valence-corrected chi connectivity index (χ2v) is 11.0. The number of ether oxygens (including phenoxy) is 1. The number of carbonyl (C=O) groups is 1. The van der Waals surface area contributed by atoms with E-state index >= 15 is 0 Å². The molecule has 2 aliphatic rings. The Labute approximate surface area is 240 Å². The number of nitrogens with zero attached hydrogens (tertiary/aromatic N) is 5. The smallest absolute Gasteiger partial charge is 0.328 e. The van der Waals surface area contributed by atoms with Crippen LogP contribution in [0.4, 0.5) is 5.82 Å². The fraction of sp³-hybridized carbons (Fsp3) is 0.586. The van der Waals surface area contributed by atoms with Crippen molar-refractivity contribution in [3.05, 3.63) is 45.9 Å². The van der Waals surface area contributed by atoms with Crippen molar-refractivity contribution >= 4 is 22.8 Å². The van der Waals surface area contributed by atoms with Crippen LogP contribution in [0.25, 0.3) is 11.2 Å². The van der Waals surface area contributed by atoms with E-state index in [4.69, 9.17) is 21.2 Å². The third kappa shape index (κ3) is 6.61. The number of piperidine rings is 2. The molecule has 2 fully saturated rings. The zero-order chi connectivity index (χ0) is 28.8. The van der Waals surface area contributed by atoms with Gasteiger partial charge in [0.2, 0.25) is 0 Å². The van der Waals surface area contributed by atoms with Gasteiger partial charge < -0.3 is 15.5 Å². The van der Waals surface area contributed by atoms with Gasteiger partial charge in [-0.15, -0.1) is 0 Å². The van der Waals surface area contributed by atoms with Crippen LogP contribution in [0.3, 0.4) is 0 Å². The number of nitrogens with one attached hydrogen (secondary N) is 1. The molecular formula is C29H42N8O4. The van der Waals surface area contributed by atoms with E-state index in [-0.39, 0.29) is 42.1 Å². The number of nitrogens with two attached hydrogens (primary N) is 2. The Morgan fingerprint density at radius 3 is 2.59 bits per heavy atom. The van der Waals surface area contributed by atoms with Crippen molar-refractivity contribution in [2.45, 2.75) is 77.0 Å². The maximum absolute atomic E-state index is 13.0. The fourth-order valence-corrected chi connectivity index (χ4v) is 6.07. The monoisotopic (exact) mass is 566 g/mol. The molecule has 0 aliphatic carbocycles. The van der Waals surface area contributed by atoms with Crippen molar-refractivity contribution in [2.24, 2.45) is 5.90 Å². The zero-order valence-electron chi connectivity index (χ0n) is 23.9. The van der Waals surface area contributed by atoms with Gasteiger partial charge in [-0.25, -0.2) is 10.7 Å². The lowest BCUT2D eigenvalue weighted by Crippen LogP contribution is -2.53. The third-order valence-electron chi connectivity index (χ3n) is 8.17. The summed E-state index contributed by atoms with van der Waals surface area (Å²) in [6.45, 7) is 5.63. The van der Waals surface area contributed by atoms with Gasteiger partial charge in [-0.05, 0) is 56.3 Å². The maximum Gasteiger partial charge on any atom is 0.328 e. The Kier molecular flexibility index (Phi) is 9.65. The first-order valence-electron chi connectivity index (χ1n) is 14.8. The van der Waals surface area contributed by atoms with Gasteiger partial charge in [-0.3, -0.25) is 24.0 Å². The summed E-state index contributed by atoms with van der Waals surface area (Å²) in [7, 11) is 0. The molecule has 1 aromatic carbocycles. The van der Waals surface area contributed by atoms with Crippen molar-refractivity contribution < 1.29 is 14.4 Å². The van der Waals surface area contributed by atoms with Gasteiger partial charge in [0.25, 0.3) is 0 Å². The first-order valence-corrected chi connectivity index (χ1v) is 14.8. The Morgan fingerprint density at radius 1 is 1.10 bits per heavy atom. The van der Waals surface area contributed by atoms with E-state index in [1.807, 2.05) is 12.1 Å². The van der Waals surface area contributed by atoms with Crippen LogP contribution in [-0.4, -0.2) is 74.0 Å². The molecule has 5 N–H and O–H groups in total. The van der Waals surface area contributed by atoms with Gasteiger partial charge in [0.1, 0.15) is 12.1 Å². The molecule has 2 unspecified atom stereocenters. The first kappa shape index (κ1) is 29.2. The predicted octanol–water partition coefficient (Wildman–Crippen LogP) is 2.73. The molecule has 0 amide bonds. The van der Waals surface area contributed by atoms with Gasteiger partial charge in [0.15, 0.2) is 17.2 Å². The topological polar surface area (TPSA) is 158 Å². The number of benzene rings is 1. The number of ketones is 1. The molecule has 222 valence electrons. The molecule has 2 aliphatic heterocycles. The number of aromatic nitrogens is 4. The molecule has 5 rings (SSSR count). The van der Waals surface area contributed by atoms with Crippen LogP contribution in [-0.2, 0) is 16.2 Å². The summed E-state index contributed by atoms with van der Waals surface area (Å²) >= 11 is 0. The van der Waals surface area contributed by atoms with Crippen LogP contribution >= 0.6 is 0 Å². The predicted molar refractivity (Wildman–Crippen MR) is 156 cm³/mol. The highest BCUT2D eigenvalue weighted by Crippen LogP contribution is 2.34. The Bertz CT molecular complexity index is 1370. The molecule has 41 heavy (non-hydrogen) atoms. The number of hydrogen-bond donors (Lipinski definition) is 3. The number of nitrogen functional groups attached to an aromatic ring is 1. The number of imidazole rings is 1. The van der Waals surface area contributed by atoms with Crippen LogP contribution in [0.1, 0.15) is 75.6 Å². The minimum atomic E-state index is -0.307. The standard InChI is InChI=1S/C29H42N8O4/c1-2-3-17-40-28-33-25(30)24-26(34-28)37(29(39)32-24)18-20-10-12-21(13-11-20)27(35-14-6-4-7-15-35)36-16-8-5-9-22(36)23(38)19-41-31/h10-13,22,27H,2-9,14-19,31H2,1H3,(H,32,39)(H2,30,33,34). The van der Waals surface area contributed by atoms with Crippen molar-refractivity contribution in [1.82, 2.24) is 29.3 Å². The highest BCUT2D eigenvalue weighted by atomic mass is 16.6. The second-order valence-electron chi connectivity index (χ2n) is 11.0. The number of fused-ring (bicyclic) bond motifs is 1. The van der Waals surface area contributed by atoms with Crippen molar-refractivity contribution in [1.29, 1.82) is 0 Å². The van der Waals surface area contributed by atoms with Crippen molar-refractivity contribution in [2.75, 3.05) is 38.6 Å². The summed E-state index contributed by atoms with van der Waals surface area (Å²) < 4.78 is 7.23. The number of unbranched alkanes of at least 4 members (excludes halogenated alkanes) is 1. The van der Waals surface area contributed by atoms with Crippen molar-refractivity contribution in [3.63, 3.8) is 0 Å². The highest BCUT2D eigenvalue weighted by molar-refractivity contribution is 5.85. The number of H-pyrrole nitrogens is 1. The summed E-state index contributed by atoms with van der Waals surface area (Å²) in [4.78, 5) is 46.9. The van der Waals surface area contributed by atoms with E-state index < -0.39 is 0 Å². The van der Waals surface area contributed by atoms with Gasteiger partial charge >= 0.3 is 11.7 Å². The Hall–Kier alpha value is -3.32. The molecule has 0 radical (unpaired) electrons. The number of Topliss-reactive ketones (excluding diaryl/α,β-unsaturated/α-hetero) is 1. The minimum Gasteiger partial charge on any atom is -0.463 e. The molecule has 12 nitrogen and oxygen atoms in total. The van der Waals surface area contributed by atoms with Gasteiger partial charge in [-0.1, -0.05) is 50.5 Å². The quantitative estimate of drug-likeness (QED) is 0.220. The number of anilines is 1. The third-order valence-corrected chi connectivity index (χ3v) is 8.17. The SMILES string of the molecule is CCCCOc1nc(N)c2[nH]c(=O)n(Cc3ccc(C(N4CCCCC4)N4CCCCC4C(=O)CON)cc3)c2n1. The van der Waals surface area contributed by atoms with E-state index in [0.29, 0.717) is 24.3 Å². The lowest BCUT2D eigenvalue weighted by Gasteiger charge is -2.46. The van der Waals surface area contributed by atoms with E-state index in [1.54, 1.807) is 4.57 Å². The van der Waals surface area contributed by atoms with E-state index in [2.05, 4.69) is 43.8 Å². The fourth-order valence-electron chi connectivity index (χ4n) is 6.07. The Balaban J connectivity index is 1.42. The number of carbonyl (C=O) groups excluding carboxylic acids is 1. The largest absolute Gasteiger partial charge is 0.463 e. The van der Waals surface area contributed by atoms with Gasteiger partial charge in [0, 0.05) is 6.54 Å². The van der Waals surface area contributed by atoms with Crippen LogP contribution in [0.5, 0.6) is 6.01 Å². The molecule has 3 aromatic rings. The van der Waals surface area contributed by atoms with Crippen LogP contribution in [0.2, 0.25) is 0 Å². The summed E-state index contributed by atoms with van der Waals surface area (Å²) in [5, 5.41) is 0. The van der Waals surface area contributed by atoms with E-state index in [1.165, 1.54) is 6.42 Å². The molecule has 0 bridgehead atoms. The molecule has 2 atom stereocenters. The number of rotatable bonds is 12. The van der Waals surface area contributed by atoms with E-state index in [9.17, 15) is 9.59 Å². The molecule has 2 aromatic heterocycles. The van der Waals surface area contributed by atoms with Crippen molar-refractivity contribution in [3.8, 4) is 6.01 Å².